The minimum absolute atomic E-state index is 0.153. The normalized spacial score (nSPS) is 11.0. The van der Waals surface area contributed by atoms with Crippen molar-refractivity contribution in [2.75, 3.05) is 0 Å². The summed E-state index contributed by atoms with van der Waals surface area (Å²) in [5, 5.41) is 4.74. The van der Waals surface area contributed by atoms with E-state index in [1.807, 2.05) is 35.7 Å². The maximum absolute atomic E-state index is 11.7. The van der Waals surface area contributed by atoms with E-state index < -0.39 is 0 Å². The second kappa shape index (κ2) is 6.28. The Kier molecular flexibility index (Phi) is 4.02. The Bertz CT molecular complexity index is 724. The van der Waals surface area contributed by atoms with E-state index in [-0.39, 0.29) is 5.91 Å². The van der Waals surface area contributed by atoms with Gasteiger partial charge in [0.1, 0.15) is 5.76 Å². The lowest BCUT2D eigenvalue weighted by molar-refractivity contribution is -0.116. The van der Waals surface area contributed by atoms with Crippen molar-refractivity contribution in [2.24, 2.45) is 0 Å². The zero-order valence-electron chi connectivity index (χ0n) is 11.1. The Balaban J connectivity index is 1.54. The van der Waals surface area contributed by atoms with Crippen LogP contribution in [0.2, 0.25) is 0 Å². The summed E-state index contributed by atoms with van der Waals surface area (Å²) in [7, 11) is 0. The van der Waals surface area contributed by atoms with Gasteiger partial charge >= 0.3 is 0 Å². The van der Waals surface area contributed by atoms with Crippen LogP contribution in [0.5, 0.6) is 0 Å². The van der Waals surface area contributed by atoms with Crippen LogP contribution in [-0.2, 0) is 11.3 Å². The quantitative estimate of drug-likeness (QED) is 0.726. The number of furan rings is 2. The average molecular weight is 299 g/mol. The molecule has 0 saturated heterocycles. The number of hydrogen-bond acceptors (Lipinski definition) is 4. The van der Waals surface area contributed by atoms with Gasteiger partial charge in [0.05, 0.1) is 12.8 Å². The van der Waals surface area contributed by atoms with E-state index >= 15 is 0 Å². The van der Waals surface area contributed by atoms with Crippen molar-refractivity contribution in [3.8, 4) is 11.5 Å². The van der Waals surface area contributed by atoms with Gasteiger partial charge in [-0.2, -0.15) is 0 Å². The van der Waals surface area contributed by atoms with Gasteiger partial charge in [-0.05, 0) is 41.8 Å². The van der Waals surface area contributed by atoms with Crippen molar-refractivity contribution in [3.63, 3.8) is 0 Å². The standard InChI is InChI=1S/C16H13NO3S/c18-16(8-6-13-3-2-10-21-13)17-11-12-5-7-15(20-12)14-4-1-9-19-14/h1-10H,11H2,(H,17,18)/b8-6+. The molecule has 0 spiro atoms. The molecule has 0 aliphatic heterocycles. The van der Waals surface area contributed by atoms with Gasteiger partial charge in [-0.3, -0.25) is 4.79 Å². The highest BCUT2D eigenvalue weighted by molar-refractivity contribution is 7.10. The molecule has 0 bridgehead atoms. The molecule has 0 radical (unpaired) electrons. The van der Waals surface area contributed by atoms with E-state index in [9.17, 15) is 4.79 Å². The molecule has 0 aliphatic carbocycles. The number of hydrogen-bond donors (Lipinski definition) is 1. The molecule has 0 fully saturated rings. The van der Waals surface area contributed by atoms with E-state index in [2.05, 4.69) is 5.32 Å². The second-order valence-electron chi connectivity index (χ2n) is 4.31. The Morgan fingerprint density at radius 3 is 2.90 bits per heavy atom. The van der Waals surface area contributed by atoms with Gasteiger partial charge in [0, 0.05) is 11.0 Å². The van der Waals surface area contributed by atoms with Crippen LogP contribution in [-0.4, -0.2) is 5.91 Å². The Morgan fingerprint density at radius 1 is 1.19 bits per heavy atom. The minimum atomic E-state index is -0.153. The fourth-order valence-corrected chi connectivity index (χ4v) is 2.42. The first kappa shape index (κ1) is 13.5. The summed E-state index contributed by atoms with van der Waals surface area (Å²) < 4.78 is 10.8. The molecule has 3 heterocycles. The number of nitrogens with one attached hydrogen (secondary N) is 1. The van der Waals surface area contributed by atoms with Gasteiger partial charge in [-0.15, -0.1) is 11.3 Å². The highest BCUT2D eigenvalue weighted by Crippen LogP contribution is 2.22. The summed E-state index contributed by atoms with van der Waals surface area (Å²) in [5.41, 5.74) is 0. The molecule has 0 aliphatic rings. The maximum Gasteiger partial charge on any atom is 0.244 e. The molecule has 21 heavy (non-hydrogen) atoms. The number of carbonyl (C=O) groups excluding carboxylic acids is 1. The number of amides is 1. The molecular weight excluding hydrogens is 286 g/mol. The summed E-state index contributed by atoms with van der Waals surface area (Å²) in [4.78, 5) is 12.7. The Labute approximate surface area is 125 Å². The lowest BCUT2D eigenvalue weighted by atomic mass is 10.3. The molecule has 3 rings (SSSR count). The zero-order chi connectivity index (χ0) is 14.5. The van der Waals surface area contributed by atoms with Crippen LogP contribution in [0.25, 0.3) is 17.6 Å². The zero-order valence-corrected chi connectivity index (χ0v) is 11.9. The smallest absolute Gasteiger partial charge is 0.244 e. The van der Waals surface area contributed by atoms with Crippen LogP contribution in [0.1, 0.15) is 10.6 Å². The summed E-state index contributed by atoms with van der Waals surface area (Å²) in [6.45, 7) is 0.342. The predicted molar refractivity (Wildman–Crippen MR) is 81.6 cm³/mol. The van der Waals surface area contributed by atoms with Crippen LogP contribution < -0.4 is 5.32 Å². The highest BCUT2D eigenvalue weighted by atomic mass is 32.1. The van der Waals surface area contributed by atoms with Crippen molar-refractivity contribution in [3.05, 3.63) is 64.8 Å². The molecule has 0 aromatic carbocycles. The van der Waals surface area contributed by atoms with Crippen molar-refractivity contribution in [1.29, 1.82) is 0 Å². The van der Waals surface area contributed by atoms with Gasteiger partial charge in [-0.25, -0.2) is 0 Å². The molecule has 106 valence electrons. The van der Waals surface area contributed by atoms with E-state index in [0.29, 0.717) is 23.8 Å². The largest absolute Gasteiger partial charge is 0.461 e. The summed E-state index contributed by atoms with van der Waals surface area (Å²) >= 11 is 1.59. The summed E-state index contributed by atoms with van der Waals surface area (Å²) in [5.74, 6) is 1.85. The number of rotatable bonds is 5. The monoisotopic (exact) mass is 299 g/mol. The molecule has 4 nitrogen and oxygen atoms in total. The number of thiophene rings is 1. The SMILES string of the molecule is O=C(/C=C/c1cccs1)NCc1ccc(-c2ccco2)o1. The lowest BCUT2D eigenvalue weighted by Gasteiger charge is -1.98. The van der Waals surface area contributed by atoms with Gasteiger partial charge in [-0.1, -0.05) is 6.07 Å². The molecule has 0 atom stereocenters. The Morgan fingerprint density at radius 2 is 2.14 bits per heavy atom. The van der Waals surface area contributed by atoms with Crippen molar-refractivity contribution >= 4 is 23.3 Å². The first-order valence-electron chi connectivity index (χ1n) is 6.43. The van der Waals surface area contributed by atoms with E-state index in [4.69, 9.17) is 8.83 Å². The van der Waals surface area contributed by atoms with Crippen LogP contribution in [0.15, 0.2) is 63.0 Å². The third-order valence-corrected chi connectivity index (χ3v) is 3.64. The predicted octanol–water partition coefficient (Wildman–Crippen LogP) is 3.93. The Hall–Kier alpha value is -2.53. The second-order valence-corrected chi connectivity index (χ2v) is 5.29. The molecule has 0 saturated carbocycles. The van der Waals surface area contributed by atoms with Gasteiger partial charge in [0.25, 0.3) is 0 Å². The molecule has 1 N–H and O–H groups in total. The van der Waals surface area contributed by atoms with Crippen molar-refractivity contribution in [2.45, 2.75) is 6.54 Å². The maximum atomic E-state index is 11.7. The molecule has 0 unspecified atom stereocenters. The molecule has 3 aromatic heterocycles. The molecule has 5 heteroatoms. The summed E-state index contributed by atoms with van der Waals surface area (Å²) in [6, 6.07) is 11.2. The lowest BCUT2D eigenvalue weighted by Crippen LogP contribution is -2.19. The van der Waals surface area contributed by atoms with E-state index in [1.54, 1.807) is 29.7 Å². The van der Waals surface area contributed by atoms with E-state index in [0.717, 1.165) is 4.88 Å². The van der Waals surface area contributed by atoms with Crippen LogP contribution >= 0.6 is 11.3 Å². The van der Waals surface area contributed by atoms with Crippen LogP contribution in [0.4, 0.5) is 0 Å². The minimum Gasteiger partial charge on any atom is -0.461 e. The summed E-state index contributed by atoms with van der Waals surface area (Å²) in [6.07, 6.45) is 4.90. The first-order chi connectivity index (χ1) is 10.3. The van der Waals surface area contributed by atoms with Crippen LogP contribution in [0, 0.1) is 0 Å². The van der Waals surface area contributed by atoms with Gasteiger partial charge in [0.2, 0.25) is 5.91 Å². The number of carbonyl (C=O) groups is 1. The third kappa shape index (κ3) is 3.52. The third-order valence-electron chi connectivity index (χ3n) is 2.80. The molecule has 3 aromatic rings. The average Bonchev–Trinajstić information content (AvgIpc) is 3.24. The van der Waals surface area contributed by atoms with Crippen LogP contribution in [0.3, 0.4) is 0 Å². The van der Waals surface area contributed by atoms with Gasteiger partial charge < -0.3 is 14.2 Å². The molecule has 1 amide bonds. The van der Waals surface area contributed by atoms with Crippen molar-refractivity contribution < 1.29 is 13.6 Å². The first-order valence-corrected chi connectivity index (χ1v) is 7.31. The highest BCUT2D eigenvalue weighted by Gasteiger charge is 2.07. The van der Waals surface area contributed by atoms with Gasteiger partial charge in [0.15, 0.2) is 11.5 Å². The van der Waals surface area contributed by atoms with E-state index in [1.165, 1.54) is 6.08 Å². The topological polar surface area (TPSA) is 55.4 Å². The molecular formula is C16H13NO3S. The fourth-order valence-electron chi connectivity index (χ4n) is 1.80. The fraction of sp³-hybridized carbons (Fsp3) is 0.0625. The van der Waals surface area contributed by atoms with Crippen molar-refractivity contribution in [1.82, 2.24) is 5.32 Å².